The Morgan fingerprint density at radius 1 is 1.50 bits per heavy atom. The molecule has 0 radical (unpaired) electrons. The van der Waals surface area contributed by atoms with E-state index in [1.165, 1.54) is 17.4 Å². The van der Waals surface area contributed by atoms with Crippen LogP contribution in [0, 0.1) is 13.8 Å². The molecule has 0 bridgehead atoms. The number of carbonyl (C=O) groups is 1. The van der Waals surface area contributed by atoms with E-state index in [2.05, 4.69) is 4.98 Å². The molecular formula is C14H14N2O3S. The zero-order chi connectivity index (χ0) is 14.7. The highest BCUT2D eigenvalue weighted by atomic mass is 32.1. The first-order valence-electron chi connectivity index (χ1n) is 6.00. The molecule has 0 aliphatic rings. The third-order valence-electron chi connectivity index (χ3n) is 2.83. The smallest absolute Gasteiger partial charge is 0.348 e. The molecular weight excluding hydrogens is 276 g/mol. The lowest BCUT2D eigenvalue weighted by Crippen LogP contribution is -2.25. The van der Waals surface area contributed by atoms with Gasteiger partial charge in [-0.05, 0) is 43.0 Å². The topological polar surface area (TPSA) is 72.2 Å². The van der Waals surface area contributed by atoms with Crippen LogP contribution in [0.3, 0.4) is 0 Å². The maximum atomic E-state index is 11.9. The van der Waals surface area contributed by atoms with Crippen molar-refractivity contribution in [1.82, 2.24) is 9.55 Å². The zero-order valence-corrected chi connectivity index (χ0v) is 12.0. The SMILES string of the molecule is Cc1cc(C)n(Cc2sccc2C=CC(=O)O)c(=O)n1. The molecule has 0 saturated heterocycles. The van der Waals surface area contributed by atoms with Crippen molar-refractivity contribution in [2.75, 3.05) is 0 Å². The summed E-state index contributed by atoms with van der Waals surface area (Å²) < 4.78 is 1.58. The van der Waals surface area contributed by atoms with Crippen molar-refractivity contribution in [2.45, 2.75) is 20.4 Å². The van der Waals surface area contributed by atoms with E-state index in [1.54, 1.807) is 11.5 Å². The first-order valence-corrected chi connectivity index (χ1v) is 6.88. The molecule has 2 heterocycles. The van der Waals surface area contributed by atoms with Crippen LogP contribution >= 0.6 is 11.3 Å². The standard InChI is InChI=1S/C14H14N2O3S/c1-9-7-10(2)16(14(19)15-9)8-12-11(5-6-20-12)3-4-13(17)18/h3-7H,8H2,1-2H3,(H,17,18). The van der Waals surface area contributed by atoms with Crippen molar-refractivity contribution < 1.29 is 9.90 Å². The highest BCUT2D eigenvalue weighted by Gasteiger charge is 2.08. The van der Waals surface area contributed by atoms with Gasteiger partial charge in [-0.1, -0.05) is 0 Å². The highest BCUT2D eigenvalue weighted by Crippen LogP contribution is 2.19. The van der Waals surface area contributed by atoms with E-state index in [-0.39, 0.29) is 5.69 Å². The van der Waals surface area contributed by atoms with Crippen LogP contribution in [0.2, 0.25) is 0 Å². The van der Waals surface area contributed by atoms with Gasteiger partial charge in [-0.15, -0.1) is 11.3 Å². The Kier molecular flexibility index (Phi) is 4.14. The molecule has 0 spiro atoms. The van der Waals surface area contributed by atoms with E-state index in [9.17, 15) is 9.59 Å². The Hall–Kier alpha value is -2.21. The molecule has 6 heteroatoms. The molecule has 0 saturated carbocycles. The normalized spacial score (nSPS) is 11.1. The van der Waals surface area contributed by atoms with E-state index < -0.39 is 5.97 Å². The van der Waals surface area contributed by atoms with Crippen LogP contribution in [0.4, 0.5) is 0 Å². The van der Waals surface area contributed by atoms with Crippen LogP contribution in [-0.4, -0.2) is 20.6 Å². The molecule has 0 aliphatic heterocycles. The van der Waals surface area contributed by atoms with Crippen molar-refractivity contribution in [2.24, 2.45) is 0 Å². The summed E-state index contributed by atoms with van der Waals surface area (Å²) in [4.78, 5) is 27.3. The van der Waals surface area contributed by atoms with Crippen molar-refractivity contribution >= 4 is 23.4 Å². The lowest BCUT2D eigenvalue weighted by atomic mass is 10.2. The van der Waals surface area contributed by atoms with Gasteiger partial charge in [0.1, 0.15) is 0 Å². The van der Waals surface area contributed by atoms with Gasteiger partial charge in [0.15, 0.2) is 0 Å². The van der Waals surface area contributed by atoms with E-state index in [0.717, 1.165) is 22.2 Å². The number of aliphatic carboxylic acids is 1. The van der Waals surface area contributed by atoms with Crippen molar-refractivity contribution in [1.29, 1.82) is 0 Å². The minimum Gasteiger partial charge on any atom is -0.478 e. The van der Waals surface area contributed by atoms with E-state index in [0.29, 0.717) is 12.2 Å². The summed E-state index contributed by atoms with van der Waals surface area (Å²) in [6.07, 6.45) is 2.63. The Bertz CT molecular complexity index is 728. The highest BCUT2D eigenvalue weighted by molar-refractivity contribution is 7.10. The molecule has 1 N–H and O–H groups in total. The molecule has 0 atom stereocenters. The second-order valence-electron chi connectivity index (χ2n) is 4.38. The molecule has 2 rings (SSSR count). The summed E-state index contributed by atoms with van der Waals surface area (Å²) in [6, 6.07) is 3.68. The molecule has 0 unspecified atom stereocenters. The maximum Gasteiger partial charge on any atom is 0.348 e. The average Bonchev–Trinajstić information content (AvgIpc) is 2.78. The van der Waals surface area contributed by atoms with Crippen LogP contribution in [0.15, 0.2) is 28.4 Å². The third kappa shape index (κ3) is 3.21. The third-order valence-corrected chi connectivity index (χ3v) is 3.75. The summed E-state index contributed by atoms with van der Waals surface area (Å²) in [7, 11) is 0. The molecule has 0 aliphatic carbocycles. The Morgan fingerprint density at radius 3 is 2.90 bits per heavy atom. The number of hydrogen-bond donors (Lipinski definition) is 1. The van der Waals surface area contributed by atoms with Crippen LogP contribution in [-0.2, 0) is 11.3 Å². The van der Waals surface area contributed by atoms with Crippen LogP contribution in [0.1, 0.15) is 21.8 Å². The Labute approximate surface area is 119 Å². The first-order chi connectivity index (χ1) is 9.47. The summed E-state index contributed by atoms with van der Waals surface area (Å²) in [5.74, 6) is -0.993. The maximum absolute atomic E-state index is 11.9. The van der Waals surface area contributed by atoms with E-state index >= 15 is 0 Å². The molecule has 5 nitrogen and oxygen atoms in total. The fourth-order valence-electron chi connectivity index (χ4n) is 1.90. The largest absolute Gasteiger partial charge is 0.478 e. The quantitative estimate of drug-likeness (QED) is 0.875. The van der Waals surface area contributed by atoms with Gasteiger partial charge in [0.2, 0.25) is 0 Å². The lowest BCUT2D eigenvalue weighted by Gasteiger charge is -2.09. The summed E-state index contributed by atoms with van der Waals surface area (Å²) in [6.45, 7) is 4.04. The molecule has 0 amide bonds. The summed E-state index contributed by atoms with van der Waals surface area (Å²) >= 11 is 1.49. The van der Waals surface area contributed by atoms with Gasteiger partial charge in [-0.25, -0.2) is 9.59 Å². The fourth-order valence-corrected chi connectivity index (χ4v) is 2.75. The number of thiophene rings is 1. The minimum absolute atomic E-state index is 0.288. The van der Waals surface area contributed by atoms with Crippen molar-refractivity contribution in [3.63, 3.8) is 0 Å². The second kappa shape index (κ2) is 5.83. The lowest BCUT2D eigenvalue weighted by molar-refractivity contribution is -0.131. The van der Waals surface area contributed by atoms with Gasteiger partial charge < -0.3 is 5.11 Å². The fraction of sp³-hybridized carbons (Fsp3) is 0.214. The van der Waals surface area contributed by atoms with Crippen molar-refractivity contribution in [3.05, 3.63) is 55.9 Å². The van der Waals surface area contributed by atoms with Gasteiger partial charge in [-0.2, -0.15) is 4.98 Å². The van der Waals surface area contributed by atoms with Gasteiger partial charge in [0, 0.05) is 22.3 Å². The molecule has 20 heavy (non-hydrogen) atoms. The minimum atomic E-state index is -0.993. The Balaban J connectivity index is 2.34. The molecule has 2 aromatic heterocycles. The predicted octanol–water partition coefficient (Wildman–Crippen LogP) is 2.07. The number of hydrogen-bond acceptors (Lipinski definition) is 4. The first kappa shape index (κ1) is 14.2. The van der Waals surface area contributed by atoms with Crippen LogP contribution < -0.4 is 5.69 Å². The zero-order valence-electron chi connectivity index (χ0n) is 11.2. The average molecular weight is 290 g/mol. The summed E-state index contributed by atoms with van der Waals surface area (Å²) in [5.41, 5.74) is 2.05. The van der Waals surface area contributed by atoms with Gasteiger partial charge in [0.05, 0.1) is 6.54 Å². The Morgan fingerprint density at radius 2 is 2.25 bits per heavy atom. The number of aromatic nitrogens is 2. The number of aryl methyl sites for hydroxylation is 2. The van der Waals surface area contributed by atoms with Gasteiger partial charge in [-0.3, -0.25) is 4.57 Å². The van der Waals surface area contributed by atoms with Gasteiger partial charge >= 0.3 is 11.7 Å². The number of rotatable bonds is 4. The summed E-state index contributed by atoms with van der Waals surface area (Å²) in [5, 5.41) is 10.5. The van der Waals surface area contributed by atoms with E-state index in [4.69, 9.17) is 5.11 Å². The predicted molar refractivity (Wildman–Crippen MR) is 78.1 cm³/mol. The molecule has 104 valence electrons. The van der Waals surface area contributed by atoms with Gasteiger partial charge in [0.25, 0.3) is 0 Å². The molecule has 0 fully saturated rings. The van der Waals surface area contributed by atoms with Crippen molar-refractivity contribution in [3.8, 4) is 0 Å². The second-order valence-corrected chi connectivity index (χ2v) is 5.38. The number of carboxylic acid groups (broad SMARTS) is 1. The van der Waals surface area contributed by atoms with E-state index in [1.807, 2.05) is 24.4 Å². The molecule has 2 aromatic rings. The molecule has 0 aromatic carbocycles. The van der Waals surface area contributed by atoms with Crippen LogP contribution in [0.5, 0.6) is 0 Å². The van der Waals surface area contributed by atoms with Crippen LogP contribution in [0.25, 0.3) is 6.08 Å². The monoisotopic (exact) mass is 290 g/mol. The number of nitrogens with zero attached hydrogens (tertiary/aromatic N) is 2. The number of carboxylic acids is 1.